The van der Waals surface area contributed by atoms with Crippen LogP contribution in [0, 0.1) is 5.92 Å². The van der Waals surface area contributed by atoms with Crippen molar-refractivity contribution in [1.29, 1.82) is 0 Å². The summed E-state index contributed by atoms with van der Waals surface area (Å²) < 4.78 is 0. The number of likely N-dealkylation sites (N-methyl/N-ethyl adjacent to an activating group) is 1. The Morgan fingerprint density at radius 2 is 2.27 bits per heavy atom. The third kappa shape index (κ3) is 3.54. The lowest BCUT2D eigenvalue weighted by Gasteiger charge is -2.23. The van der Waals surface area contributed by atoms with Crippen molar-refractivity contribution in [3.63, 3.8) is 0 Å². The maximum Gasteiger partial charge on any atom is 0.240 e. The molecule has 2 rings (SSSR count). The van der Waals surface area contributed by atoms with Crippen LogP contribution in [0.2, 0.25) is 0 Å². The first kappa shape index (κ1) is 13.1. The summed E-state index contributed by atoms with van der Waals surface area (Å²) in [6, 6.07) is 0.0821. The monoisotopic (exact) mass is 250 g/mol. The first-order chi connectivity index (χ1) is 6.81. The van der Waals surface area contributed by atoms with E-state index in [4.69, 9.17) is 0 Å². The summed E-state index contributed by atoms with van der Waals surface area (Å²) in [6.07, 6.45) is 2.63. The number of nitrogens with one attached hydrogen (secondary N) is 1. The van der Waals surface area contributed by atoms with Crippen molar-refractivity contribution in [2.45, 2.75) is 25.8 Å². The van der Waals surface area contributed by atoms with E-state index in [1.807, 2.05) is 16.7 Å². The summed E-state index contributed by atoms with van der Waals surface area (Å²) in [4.78, 5) is 14.0. The van der Waals surface area contributed by atoms with Gasteiger partial charge in [0.05, 0.1) is 6.04 Å². The van der Waals surface area contributed by atoms with Crippen LogP contribution in [-0.4, -0.2) is 41.6 Å². The van der Waals surface area contributed by atoms with Crippen LogP contribution in [0.5, 0.6) is 0 Å². The van der Waals surface area contributed by atoms with Gasteiger partial charge in [-0.2, -0.15) is 0 Å². The second-order valence-corrected chi connectivity index (χ2v) is 5.12. The van der Waals surface area contributed by atoms with Crippen LogP contribution < -0.4 is 5.32 Å². The average molecular weight is 251 g/mol. The van der Waals surface area contributed by atoms with E-state index in [-0.39, 0.29) is 18.4 Å². The van der Waals surface area contributed by atoms with Crippen LogP contribution in [0.3, 0.4) is 0 Å². The zero-order valence-corrected chi connectivity index (χ0v) is 10.7. The maximum absolute atomic E-state index is 12.0. The Morgan fingerprint density at radius 1 is 1.53 bits per heavy atom. The second kappa shape index (κ2) is 5.97. The Kier molecular flexibility index (Phi) is 5.23. The molecule has 0 aromatic heterocycles. The number of hydrogen-bond acceptors (Lipinski definition) is 3. The van der Waals surface area contributed by atoms with Gasteiger partial charge >= 0.3 is 0 Å². The van der Waals surface area contributed by atoms with Gasteiger partial charge in [0, 0.05) is 24.7 Å². The summed E-state index contributed by atoms with van der Waals surface area (Å²) in [5.74, 6) is 2.98. The molecule has 1 amide bonds. The Balaban J connectivity index is 0.00000112. The highest BCUT2D eigenvalue weighted by molar-refractivity contribution is 7.99. The zero-order chi connectivity index (χ0) is 9.97. The summed E-state index contributed by atoms with van der Waals surface area (Å²) in [7, 11) is 0. The molecule has 0 unspecified atom stereocenters. The van der Waals surface area contributed by atoms with Gasteiger partial charge in [-0.15, -0.1) is 24.2 Å². The van der Waals surface area contributed by atoms with Gasteiger partial charge in [0.15, 0.2) is 0 Å². The van der Waals surface area contributed by atoms with Crippen molar-refractivity contribution in [2.24, 2.45) is 5.92 Å². The van der Waals surface area contributed by atoms with E-state index >= 15 is 0 Å². The van der Waals surface area contributed by atoms with E-state index in [1.165, 1.54) is 12.8 Å². The lowest BCUT2D eigenvalue weighted by Crippen LogP contribution is -2.45. The number of amides is 1. The van der Waals surface area contributed by atoms with Crippen LogP contribution in [0.1, 0.15) is 19.8 Å². The highest BCUT2D eigenvalue weighted by Crippen LogP contribution is 2.30. The summed E-state index contributed by atoms with van der Waals surface area (Å²) >= 11 is 1.81. The SMILES string of the molecule is CCN(CC1CC1)C(=O)[C@H]1CSCN1.Cl. The summed E-state index contributed by atoms with van der Waals surface area (Å²) in [5.41, 5.74) is 0. The molecule has 1 saturated heterocycles. The Labute approximate surface area is 102 Å². The highest BCUT2D eigenvalue weighted by Gasteiger charge is 2.30. The first-order valence-corrected chi connectivity index (χ1v) is 6.56. The molecule has 2 fully saturated rings. The number of carbonyl (C=O) groups excluding carboxylic acids is 1. The van der Waals surface area contributed by atoms with E-state index in [0.717, 1.165) is 30.6 Å². The summed E-state index contributed by atoms with van der Waals surface area (Å²) in [6.45, 7) is 3.92. The van der Waals surface area contributed by atoms with Crippen molar-refractivity contribution < 1.29 is 4.79 Å². The van der Waals surface area contributed by atoms with Gasteiger partial charge in [0.1, 0.15) is 0 Å². The van der Waals surface area contributed by atoms with E-state index < -0.39 is 0 Å². The predicted molar refractivity (Wildman–Crippen MR) is 66.5 cm³/mol. The molecule has 2 aliphatic rings. The normalized spacial score (nSPS) is 24.7. The number of halogens is 1. The zero-order valence-electron chi connectivity index (χ0n) is 9.07. The number of thioether (sulfide) groups is 1. The maximum atomic E-state index is 12.0. The molecule has 5 heteroatoms. The first-order valence-electron chi connectivity index (χ1n) is 5.41. The molecule has 15 heavy (non-hydrogen) atoms. The number of hydrogen-bond donors (Lipinski definition) is 1. The quantitative estimate of drug-likeness (QED) is 0.817. The van der Waals surface area contributed by atoms with Gasteiger partial charge in [-0.05, 0) is 25.7 Å². The molecule has 1 atom stereocenters. The minimum atomic E-state index is 0. The predicted octanol–water partition coefficient (Wildman–Crippen LogP) is 1.33. The standard InChI is InChI=1S/C10H18N2OS.ClH/c1-2-12(5-8-3-4-8)10(13)9-6-14-7-11-9;/h8-9,11H,2-7H2,1H3;1H/t9-;/m1./s1. The van der Waals surface area contributed by atoms with Gasteiger partial charge in [-0.1, -0.05) is 0 Å². The molecule has 1 heterocycles. The Hall–Kier alpha value is 0.0700. The topological polar surface area (TPSA) is 32.3 Å². The molecular weight excluding hydrogens is 232 g/mol. The van der Waals surface area contributed by atoms with Crippen LogP contribution in [0.25, 0.3) is 0 Å². The van der Waals surface area contributed by atoms with Crippen molar-refractivity contribution >= 4 is 30.1 Å². The summed E-state index contributed by atoms with van der Waals surface area (Å²) in [5, 5.41) is 3.24. The highest BCUT2D eigenvalue weighted by atomic mass is 35.5. The fraction of sp³-hybridized carbons (Fsp3) is 0.900. The van der Waals surface area contributed by atoms with E-state index in [9.17, 15) is 4.79 Å². The van der Waals surface area contributed by atoms with Crippen molar-refractivity contribution in [1.82, 2.24) is 10.2 Å². The van der Waals surface area contributed by atoms with Crippen LogP contribution in [0.4, 0.5) is 0 Å². The van der Waals surface area contributed by atoms with E-state index in [1.54, 1.807) is 0 Å². The van der Waals surface area contributed by atoms with E-state index in [0.29, 0.717) is 5.91 Å². The molecule has 3 nitrogen and oxygen atoms in total. The second-order valence-electron chi connectivity index (χ2n) is 4.09. The number of carbonyl (C=O) groups is 1. The third-order valence-corrected chi connectivity index (χ3v) is 3.82. The van der Waals surface area contributed by atoms with Gasteiger partial charge in [0.2, 0.25) is 5.91 Å². The van der Waals surface area contributed by atoms with Crippen molar-refractivity contribution in [2.75, 3.05) is 24.7 Å². The van der Waals surface area contributed by atoms with Crippen LogP contribution >= 0.6 is 24.2 Å². The lowest BCUT2D eigenvalue weighted by molar-refractivity contribution is -0.132. The average Bonchev–Trinajstić information content (AvgIpc) is 2.84. The molecule has 0 aromatic rings. The Bertz CT molecular complexity index is 217. The molecule has 1 aliphatic heterocycles. The fourth-order valence-electron chi connectivity index (χ4n) is 1.76. The van der Waals surface area contributed by atoms with Crippen molar-refractivity contribution in [3.05, 3.63) is 0 Å². The molecular formula is C10H19ClN2OS. The lowest BCUT2D eigenvalue weighted by atomic mass is 10.2. The Morgan fingerprint density at radius 3 is 2.73 bits per heavy atom. The molecule has 1 aliphatic carbocycles. The molecule has 0 radical (unpaired) electrons. The number of rotatable bonds is 4. The van der Waals surface area contributed by atoms with Gasteiger partial charge < -0.3 is 4.90 Å². The number of nitrogens with zero attached hydrogens (tertiary/aromatic N) is 1. The molecule has 0 aromatic carbocycles. The van der Waals surface area contributed by atoms with Crippen LogP contribution in [0.15, 0.2) is 0 Å². The largest absolute Gasteiger partial charge is 0.341 e. The van der Waals surface area contributed by atoms with Crippen molar-refractivity contribution in [3.8, 4) is 0 Å². The minimum absolute atomic E-state index is 0. The fourth-order valence-corrected chi connectivity index (χ4v) is 2.69. The van der Waals surface area contributed by atoms with E-state index in [2.05, 4.69) is 12.2 Å². The van der Waals surface area contributed by atoms with Gasteiger partial charge in [-0.25, -0.2) is 0 Å². The van der Waals surface area contributed by atoms with Crippen LogP contribution in [-0.2, 0) is 4.79 Å². The molecule has 0 spiro atoms. The molecule has 1 N–H and O–H groups in total. The van der Waals surface area contributed by atoms with Gasteiger partial charge in [0.25, 0.3) is 0 Å². The minimum Gasteiger partial charge on any atom is -0.341 e. The molecule has 0 bridgehead atoms. The van der Waals surface area contributed by atoms with Gasteiger partial charge in [-0.3, -0.25) is 10.1 Å². The smallest absolute Gasteiger partial charge is 0.240 e. The third-order valence-electron chi connectivity index (χ3n) is 2.88. The molecule has 1 saturated carbocycles. The molecule has 88 valence electrons.